The van der Waals surface area contributed by atoms with Crippen LogP contribution in [0.15, 0.2) is 0 Å². The van der Waals surface area contributed by atoms with Gasteiger partial charge < -0.3 is 15.8 Å². The van der Waals surface area contributed by atoms with Gasteiger partial charge in [-0.2, -0.15) is 0 Å². The van der Waals surface area contributed by atoms with Gasteiger partial charge in [0.05, 0.1) is 6.04 Å². The predicted octanol–water partition coefficient (Wildman–Crippen LogP) is 2.80. The second-order valence-corrected chi connectivity index (χ2v) is 8.25. The molecule has 3 rings (SSSR count). The van der Waals surface area contributed by atoms with E-state index in [-0.39, 0.29) is 11.9 Å². The van der Waals surface area contributed by atoms with E-state index < -0.39 is 0 Å². The first-order chi connectivity index (χ1) is 11.0. The molecule has 0 radical (unpaired) electrons. The number of ether oxygens (including phenoxy) is 1. The van der Waals surface area contributed by atoms with Crippen LogP contribution in [0.25, 0.3) is 0 Å². The maximum absolute atomic E-state index is 12.5. The number of hydrogen-bond donors (Lipinski definition) is 2. The maximum atomic E-state index is 12.5. The Morgan fingerprint density at radius 1 is 1.48 bits per heavy atom. The number of carbonyl (C=O) groups excluding carboxylic acids is 1. The Kier molecular flexibility index (Phi) is 5.04. The van der Waals surface area contributed by atoms with E-state index >= 15 is 0 Å². The molecule has 2 fully saturated rings. The summed E-state index contributed by atoms with van der Waals surface area (Å²) in [6, 6.07) is -0.124. The van der Waals surface area contributed by atoms with Crippen LogP contribution in [0.5, 0.6) is 0 Å². The van der Waals surface area contributed by atoms with Crippen LogP contribution >= 0.6 is 11.3 Å². The van der Waals surface area contributed by atoms with E-state index in [1.54, 1.807) is 0 Å². The summed E-state index contributed by atoms with van der Waals surface area (Å²) in [5.74, 6) is 0.516. The smallest absolute Gasteiger partial charge is 0.271 e. The summed E-state index contributed by atoms with van der Waals surface area (Å²) < 4.78 is 5.53. The summed E-state index contributed by atoms with van der Waals surface area (Å²) in [6.45, 7) is 6.32. The Labute approximate surface area is 142 Å². The van der Waals surface area contributed by atoms with Crippen LogP contribution in [0.3, 0.4) is 0 Å². The van der Waals surface area contributed by atoms with Crippen LogP contribution in [-0.4, -0.2) is 30.6 Å². The zero-order valence-electron chi connectivity index (χ0n) is 14.1. The number of nitrogens with two attached hydrogens (primary N) is 1. The molecule has 23 heavy (non-hydrogen) atoms. The fourth-order valence-electron chi connectivity index (χ4n) is 4.09. The molecule has 1 saturated heterocycles. The van der Waals surface area contributed by atoms with Crippen molar-refractivity contribution in [1.82, 2.24) is 10.3 Å². The van der Waals surface area contributed by atoms with Crippen molar-refractivity contribution in [3.63, 3.8) is 0 Å². The monoisotopic (exact) mass is 337 g/mol. The van der Waals surface area contributed by atoms with Crippen LogP contribution in [0, 0.1) is 18.3 Å². The van der Waals surface area contributed by atoms with Gasteiger partial charge in [-0.05, 0) is 50.9 Å². The summed E-state index contributed by atoms with van der Waals surface area (Å²) in [4.78, 5) is 17.9. The lowest BCUT2D eigenvalue weighted by molar-refractivity contribution is -0.00537. The number of aryl methyl sites for hydroxylation is 1. The van der Waals surface area contributed by atoms with E-state index in [0.29, 0.717) is 17.0 Å². The lowest BCUT2D eigenvalue weighted by atomic mass is 9.72. The minimum absolute atomic E-state index is 0.0558. The molecule has 1 aromatic rings. The minimum atomic E-state index is -0.124. The molecular weight excluding hydrogens is 310 g/mol. The molecule has 0 bridgehead atoms. The molecule has 1 aromatic heterocycles. The number of carbonyl (C=O) groups is 1. The lowest BCUT2D eigenvalue weighted by Gasteiger charge is -2.39. The predicted molar refractivity (Wildman–Crippen MR) is 91.6 cm³/mol. The largest absolute Gasteiger partial charge is 0.381 e. The van der Waals surface area contributed by atoms with Crippen molar-refractivity contribution in [2.24, 2.45) is 17.1 Å². The fraction of sp³-hybridized carbons (Fsp3) is 0.765. The molecule has 5 nitrogen and oxygen atoms in total. The summed E-state index contributed by atoms with van der Waals surface area (Å²) in [6.07, 6.45) is 6.03. The van der Waals surface area contributed by atoms with Crippen LogP contribution in [0.1, 0.15) is 65.4 Å². The zero-order valence-corrected chi connectivity index (χ0v) is 14.9. The first-order valence-electron chi connectivity index (χ1n) is 8.61. The van der Waals surface area contributed by atoms with E-state index in [9.17, 15) is 4.79 Å². The minimum Gasteiger partial charge on any atom is -0.381 e. The Bertz CT molecular complexity index is 564. The number of nitrogens with zero attached hydrogens (tertiary/aromatic N) is 1. The molecule has 3 N–H and O–H groups in total. The SMILES string of the molecule is Cc1sc(C(C)N)nc1C(=O)NCC1CCCC12CCOCC2. The summed E-state index contributed by atoms with van der Waals surface area (Å²) in [5.41, 5.74) is 6.80. The van der Waals surface area contributed by atoms with Crippen molar-refractivity contribution in [3.05, 3.63) is 15.6 Å². The molecule has 1 amide bonds. The molecule has 2 unspecified atom stereocenters. The van der Waals surface area contributed by atoms with Gasteiger partial charge in [0.25, 0.3) is 5.91 Å². The van der Waals surface area contributed by atoms with Gasteiger partial charge in [0.15, 0.2) is 0 Å². The van der Waals surface area contributed by atoms with E-state index in [1.165, 1.54) is 30.6 Å². The Balaban J connectivity index is 1.62. The molecule has 2 aliphatic rings. The van der Waals surface area contributed by atoms with Crippen molar-refractivity contribution < 1.29 is 9.53 Å². The van der Waals surface area contributed by atoms with Gasteiger partial charge in [0.1, 0.15) is 10.7 Å². The third-order valence-corrected chi connectivity index (χ3v) is 6.68. The van der Waals surface area contributed by atoms with Crippen molar-refractivity contribution in [2.75, 3.05) is 19.8 Å². The van der Waals surface area contributed by atoms with Gasteiger partial charge in [0, 0.05) is 24.6 Å². The summed E-state index contributed by atoms with van der Waals surface area (Å²) in [5, 5.41) is 3.96. The van der Waals surface area contributed by atoms with E-state index in [2.05, 4.69) is 10.3 Å². The normalized spacial score (nSPS) is 24.7. The van der Waals surface area contributed by atoms with Gasteiger partial charge in [-0.3, -0.25) is 4.79 Å². The molecule has 1 saturated carbocycles. The molecule has 1 aliphatic heterocycles. The van der Waals surface area contributed by atoms with Gasteiger partial charge >= 0.3 is 0 Å². The standard InChI is InChI=1S/C17H27N3O2S/c1-11(18)16-20-14(12(2)23-16)15(21)19-10-13-4-3-5-17(13)6-8-22-9-7-17/h11,13H,3-10,18H2,1-2H3,(H,19,21). The maximum Gasteiger partial charge on any atom is 0.271 e. The average molecular weight is 337 g/mol. The molecular formula is C17H27N3O2S. The number of amides is 1. The second kappa shape index (κ2) is 6.87. The van der Waals surface area contributed by atoms with E-state index in [1.807, 2.05) is 13.8 Å². The van der Waals surface area contributed by atoms with Gasteiger partial charge in [0.2, 0.25) is 0 Å². The summed E-state index contributed by atoms with van der Waals surface area (Å²) >= 11 is 1.52. The molecule has 1 spiro atoms. The number of nitrogens with one attached hydrogen (secondary N) is 1. The number of aromatic nitrogens is 1. The highest BCUT2D eigenvalue weighted by Crippen LogP contribution is 2.49. The Morgan fingerprint density at radius 3 is 2.87 bits per heavy atom. The lowest BCUT2D eigenvalue weighted by Crippen LogP contribution is -2.39. The molecule has 128 valence electrons. The summed E-state index contributed by atoms with van der Waals surface area (Å²) in [7, 11) is 0. The van der Waals surface area contributed by atoms with Gasteiger partial charge in [-0.25, -0.2) is 4.98 Å². The fourth-order valence-corrected chi connectivity index (χ4v) is 4.96. The molecule has 6 heteroatoms. The first-order valence-corrected chi connectivity index (χ1v) is 9.42. The van der Waals surface area contributed by atoms with Crippen molar-refractivity contribution in [2.45, 2.75) is 52.0 Å². The topological polar surface area (TPSA) is 77.2 Å². The Morgan fingerprint density at radius 2 is 2.22 bits per heavy atom. The third-order valence-electron chi connectivity index (χ3n) is 5.51. The zero-order chi connectivity index (χ0) is 16.4. The third kappa shape index (κ3) is 3.44. The average Bonchev–Trinajstić information content (AvgIpc) is 3.10. The highest BCUT2D eigenvalue weighted by atomic mass is 32.1. The number of rotatable bonds is 4. The van der Waals surface area contributed by atoms with Crippen molar-refractivity contribution >= 4 is 17.2 Å². The number of thiazole rings is 1. The highest BCUT2D eigenvalue weighted by Gasteiger charge is 2.43. The number of hydrogen-bond acceptors (Lipinski definition) is 5. The van der Waals surface area contributed by atoms with Crippen LogP contribution < -0.4 is 11.1 Å². The molecule has 1 aliphatic carbocycles. The van der Waals surface area contributed by atoms with Crippen LogP contribution in [0.2, 0.25) is 0 Å². The van der Waals surface area contributed by atoms with Crippen LogP contribution in [0.4, 0.5) is 0 Å². The van der Waals surface area contributed by atoms with Crippen LogP contribution in [-0.2, 0) is 4.74 Å². The van der Waals surface area contributed by atoms with Gasteiger partial charge in [-0.15, -0.1) is 11.3 Å². The molecule has 2 heterocycles. The second-order valence-electron chi connectivity index (χ2n) is 7.02. The van der Waals surface area contributed by atoms with Gasteiger partial charge in [-0.1, -0.05) is 6.42 Å². The van der Waals surface area contributed by atoms with Crippen molar-refractivity contribution in [1.29, 1.82) is 0 Å². The van der Waals surface area contributed by atoms with E-state index in [4.69, 9.17) is 10.5 Å². The molecule has 0 aromatic carbocycles. The highest BCUT2D eigenvalue weighted by molar-refractivity contribution is 7.11. The van der Waals surface area contributed by atoms with Crippen molar-refractivity contribution in [3.8, 4) is 0 Å². The Hall–Kier alpha value is -0.980. The first kappa shape index (κ1) is 16.9. The molecule has 2 atom stereocenters. The quantitative estimate of drug-likeness (QED) is 0.886. The van der Waals surface area contributed by atoms with E-state index in [0.717, 1.165) is 42.5 Å².